The second kappa shape index (κ2) is 15.1. The number of rotatable bonds is 6. The molecule has 0 aliphatic carbocycles. The van der Waals surface area contributed by atoms with Crippen LogP contribution in [-0.2, 0) is 0 Å². The molecule has 216 valence electrons. The Kier molecular flexibility index (Phi) is 11.6. The van der Waals surface area contributed by atoms with Gasteiger partial charge < -0.3 is 31.9 Å². The van der Waals surface area contributed by atoms with Crippen LogP contribution >= 0.6 is 36.4 Å². The molecule has 0 unspecified atom stereocenters. The first kappa shape index (κ1) is 31.5. The summed E-state index contributed by atoms with van der Waals surface area (Å²) in [5.41, 5.74) is 4.12. The van der Waals surface area contributed by atoms with Crippen molar-refractivity contribution in [2.75, 3.05) is 47.4 Å². The molecular formula is C28H31Cl3N8O2. The van der Waals surface area contributed by atoms with Crippen molar-refractivity contribution in [2.24, 2.45) is 9.98 Å². The van der Waals surface area contributed by atoms with E-state index in [-0.39, 0.29) is 29.8 Å². The Morgan fingerprint density at radius 2 is 1.07 bits per heavy atom. The molecule has 5 rings (SSSR count). The normalized spacial score (nSPS) is 13.9. The number of amides is 4. The Morgan fingerprint density at radius 3 is 1.51 bits per heavy atom. The monoisotopic (exact) mass is 616 g/mol. The number of anilines is 4. The summed E-state index contributed by atoms with van der Waals surface area (Å²) in [4.78, 5) is 33.9. The predicted molar refractivity (Wildman–Crippen MR) is 172 cm³/mol. The average Bonchev–Trinajstić information content (AvgIpc) is 2.96. The van der Waals surface area contributed by atoms with Gasteiger partial charge >= 0.3 is 12.1 Å². The lowest BCUT2D eigenvalue weighted by Crippen LogP contribution is -2.30. The third kappa shape index (κ3) is 8.75. The lowest BCUT2D eigenvalue weighted by atomic mass is 10.1. The number of nitrogens with zero attached hydrogens (tertiary/aromatic N) is 2. The van der Waals surface area contributed by atoms with Gasteiger partial charge in [0.05, 0.1) is 10.7 Å². The smallest absolute Gasteiger partial charge is 0.323 e. The molecule has 0 atom stereocenters. The van der Waals surface area contributed by atoms with Crippen molar-refractivity contribution in [1.82, 2.24) is 10.6 Å². The molecule has 0 bridgehead atoms. The van der Waals surface area contributed by atoms with Crippen LogP contribution in [0.1, 0.15) is 24.0 Å². The van der Waals surface area contributed by atoms with Gasteiger partial charge in [-0.2, -0.15) is 0 Å². The van der Waals surface area contributed by atoms with E-state index in [9.17, 15) is 9.59 Å². The highest BCUT2D eigenvalue weighted by Gasteiger charge is 2.11. The average molecular weight is 618 g/mol. The largest absolute Gasteiger partial charge is 0.370 e. The number of carbonyl (C=O) groups is 2. The summed E-state index contributed by atoms with van der Waals surface area (Å²) in [6.07, 6.45) is 2.06. The zero-order chi connectivity index (χ0) is 27.0. The Balaban J connectivity index is 0.00000231. The molecule has 3 aromatic carbocycles. The van der Waals surface area contributed by atoms with Gasteiger partial charge in [0.25, 0.3) is 0 Å². The Morgan fingerprint density at radius 1 is 0.634 bits per heavy atom. The Bertz CT molecular complexity index is 1410. The molecule has 0 saturated carbocycles. The van der Waals surface area contributed by atoms with E-state index in [1.807, 2.05) is 48.5 Å². The van der Waals surface area contributed by atoms with E-state index in [1.54, 1.807) is 18.2 Å². The molecule has 0 aromatic heterocycles. The fourth-order valence-electron chi connectivity index (χ4n) is 4.15. The van der Waals surface area contributed by atoms with Gasteiger partial charge in [-0.3, -0.25) is 9.98 Å². The Hall–Kier alpha value is -3.99. The summed E-state index contributed by atoms with van der Waals surface area (Å²) in [7, 11) is 0. The summed E-state index contributed by atoms with van der Waals surface area (Å²) in [5, 5.41) is 17.9. The second-order valence-corrected chi connectivity index (χ2v) is 9.44. The van der Waals surface area contributed by atoms with E-state index in [4.69, 9.17) is 11.6 Å². The van der Waals surface area contributed by atoms with Gasteiger partial charge in [0.2, 0.25) is 0 Å². The molecule has 2 heterocycles. The van der Waals surface area contributed by atoms with Crippen molar-refractivity contribution in [2.45, 2.75) is 12.8 Å². The van der Waals surface area contributed by atoms with E-state index in [0.29, 0.717) is 22.7 Å². The first-order valence-electron chi connectivity index (χ1n) is 12.8. The molecule has 2 aliphatic rings. The molecule has 0 saturated heterocycles. The van der Waals surface area contributed by atoms with Gasteiger partial charge in [0, 0.05) is 54.4 Å². The highest BCUT2D eigenvalue weighted by Crippen LogP contribution is 2.26. The third-order valence-corrected chi connectivity index (χ3v) is 6.41. The minimum absolute atomic E-state index is 0. The minimum Gasteiger partial charge on any atom is -0.370 e. The van der Waals surface area contributed by atoms with E-state index < -0.39 is 12.1 Å². The van der Waals surface area contributed by atoms with E-state index in [2.05, 4.69) is 41.9 Å². The molecule has 6 N–H and O–H groups in total. The number of urea groups is 2. The highest BCUT2D eigenvalue weighted by atomic mass is 35.5. The zero-order valence-corrected chi connectivity index (χ0v) is 24.4. The van der Waals surface area contributed by atoms with Crippen molar-refractivity contribution in [1.29, 1.82) is 0 Å². The SMILES string of the molecule is Cl.Cl.O=C(Nc1ccc(C2=NCCCN2)cc1)Nc1ccc(NC(=O)Nc2ccc(C3=NCCCN3)cc2)c(Cl)c1. The standard InChI is InChI=1S/C28H29ClN8O2.2ClH/c29-23-17-22(36-27(38)34-20-7-3-18(4-8-20)25-30-13-1-14-31-25)11-12-24(23)37-28(39)35-21-9-5-19(6-10-21)26-32-15-2-16-33-26;;/h3-12,17H,1-2,13-16H2,(H,30,31)(H,32,33)(H2,34,36,38)(H2,35,37,39);2*1H. The molecule has 0 spiro atoms. The van der Waals surface area contributed by atoms with Crippen molar-refractivity contribution in [3.05, 3.63) is 82.9 Å². The maximum absolute atomic E-state index is 12.5. The van der Waals surface area contributed by atoms with Crippen LogP contribution in [0, 0.1) is 0 Å². The molecular weight excluding hydrogens is 587 g/mol. The van der Waals surface area contributed by atoms with Crippen molar-refractivity contribution >= 4 is 82.9 Å². The summed E-state index contributed by atoms with van der Waals surface area (Å²) >= 11 is 6.37. The molecule has 13 heteroatoms. The summed E-state index contributed by atoms with van der Waals surface area (Å²) < 4.78 is 0. The van der Waals surface area contributed by atoms with Gasteiger partial charge in [-0.15, -0.1) is 24.8 Å². The van der Waals surface area contributed by atoms with Gasteiger partial charge in [0.15, 0.2) is 0 Å². The van der Waals surface area contributed by atoms with Crippen LogP contribution in [0.3, 0.4) is 0 Å². The van der Waals surface area contributed by atoms with Crippen LogP contribution in [0.15, 0.2) is 76.7 Å². The fourth-order valence-corrected chi connectivity index (χ4v) is 4.37. The fraction of sp³-hybridized carbons (Fsp3) is 0.214. The predicted octanol–water partition coefficient (Wildman–Crippen LogP) is 5.95. The summed E-state index contributed by atoms with van der Waals surface area (Å²) in [6, 6.07) is 18.9. The van der Waals surface area contributed by atoms with Gasteiger partial charge in [-0.25, -0.2) is 9.59 Å². The number of hydrogen-bond donors (Lipinski definition) is 6. The van der Waals surface area contributed by atoms with Crippen LogP contribution in [0.25, 0.3) is 0 Å². The van der Waals surface area contributed by atoms with Crippen LogP contribution in [0.2, 0.25) is 5.02 Å². The summed E-state index contributed by atoms with van der Waals surface area (Å²) in [6.45, 7) is 3.44. The molecule has 41 heavy (non-hydrogen) atoms. The molecule has 2 aliphatic heterocycles. The first-order valence-corrected chi connectivity index (χ1v) is 13.1. The molecule has 10 nitrogen and oxygen atoms in total. The van der Waals surface area contributed by atoms with Gasteiger partial charge in [-0.05, 0) is 79.6 Å². The highest BCUT2D eigenvalue weighted by molar-refractivity contribution is 6.34. The van der Waals surface area contributed by atoms with Crippen molar-refractivity contribution < 1.29 is 9.59 Å². The van der Waals surface area contributed by atoms with Crippen LogP contribution in [0.4, 0.5) is 32.3 Å². The van der Waals surface area contributed by atoms with Crippen LogP contribution in [-0.4, -0.2) is 49.9 Å². The number of benzene rings is 3. The number of hydrogen-bond acceptors (Lipinski definition) is 6. The molecule has 3 aromatic rings. The number of aliphatic imine (C=N–C) groups is 2. The topological polar surface area (TPSA) is 131 Å². The zero-order valence-electron chi connectivity index (χ0n) is 22.0. The van der Waals surface area contributed by atoms with Crippen LogP contribution < -0.4 is 31.9 Å². The number of amidine groups is 2. The molecule has 0 fully saturated rings. The van der Waals surface area contributed by atoms with Gasteiger partial charge in [-0.1, -0.05) is 11.6 Å². The van der Waals surface area contributed by atoms with Gasteiger partial charge in [0.1, 0.15) is 11.7 Å². The number of halogens is 3. The van der Waals surface area contributed by atoms with Crippen LogP contribution in [0.5, 0.6) is 0 Å². The van der Waals surface area contributed by atoms with E-state index in [0.717, 1.165) is 61.8 Å². The summed E-state index contributed by atoms with van der Waals surface area (Å²) in [5.74, 6) is 1.74. The maximum atomic E-state index is 12.5. The number of nitrogens with one attached hydrogen (secondary N) is 6. The molecule has 0 radical (unpaired) electrons. The molecule has 4 amide bonds. The maximum Gasteiger partial charge on any atom is 0.323 e. The lowest BCUT2D eigenvalue weighted by molar-refractivity contribution is 0.261. The quantitative estimate of drug-likeness (QED) is 0.204. The number of carbonyl (C=O) groups excluding carboxylic acids is 2. The second-order valence-electron chi connectivity index (χ2n) is 9.03. The van der Waals surface area contributed by atoms with E-state index in [1.165, 1.54) is 0 Å². The minimum atomic E-state index is -0.436. The Labute approximate surface area is 255 Å². The third-order valence-electron chi connectivity index (χ3n) is 6.10. The first-order chi connectivity index (χ1) is 19.0. The van der Waals surface area contributed by atoms with Crippen molar-refractivity contribution in [3.63, 3.8) is 0 Å². The van der Waals surface area contributed by atoms with Crippen molar-refractivity contribution in [3.8, 4) is 0 Å². The van der Waals surface area contributed by atoms with E-state index >= 15 is 0 Å². The lowest BCUT2D eigenvalue weighted by Gasteiger charge is -2.15.